The van der Waals surface area contributed by atoms with E-state index in [0.717, 1.165) is 5.56 Å². The van der Waals surface area contributed by atoms with Gasteiger partial charge >= 0.3 is 6.36 Å². The smallest absolute Gasteiger partial charge is 0.405 e. The molecule has 0 aliphatic carbocycles. The maximum Gasteiger partial charge on any atom is 0.573 e. The number of hydrazone groups is 1. The van der Waals surface area contributed by atoms with Gasteiger partial charge in [0.1, 0.15) is 5.75 Å². The summed E-state index contributed by atoms with van der Waals surface area (Å²) in [6.45, 7) is 0.298. The van der Waals surface area contributed by atoms with Gasteiger partial charge in [-0.1, -0.05) is 35.3 Å². The summed E-state index contributed by atoms with van der Waals surface area (Å²) < 4.78 is 45.8. The maximum atomic E-state index is 12.7. The van der Waals surface area contributed by atoms with Gasteiger partial charge in [0, 0.05) is 12.6 Å². The van der Waals surface area contributed by atoms with Crippen LogP contribution in [-0.4, -0.2) is 27.4 Å². The van der Waals surface area contributed by atoms with Crippen molar-refractivity contribution in [2.45, 2.75) is 12.9 Å². The predicted octanol–water partition coefficient (Wildman–Crippen LogP) is 4.65. The van der Waals surface area contributed by atoms with E-state index in [0.29, 0.717) is 44.5 Å². The predicted molar refractivity (Wildman–Crippen MR) is 149 cm³/mol. The van der Waals surface area contributed by atoms with Gasteiger partial charge in [0.05, 0.1) is 37.8 Å². The maximum absolute atomic E-state index is 12.7. The van der Waals surface area contributed by atoms with Crippen LogP contribution >= 0.6 is 39.1 Å². The van der Waals surface area contributed by atoms with E-state index < -0.39 is 18.0 Å². The number of carbonyl (C=O) groups is 1. The topological polar surface area (TPSA) is 137 Å². The van der Waals surface area contributed by atoms with Crippen molar-refractivity contribution in [1.82, 2.24) is 19.9 Å². The Bertz CT molecular complexity index is 1680. The number of nitrogens with one attached hydrogen (secondary N) is 2. The van der Waals surface area contributed by atoms with Gasteiger partial charge in [-0.3, -0.25) is 15.5 Å². The molecule has 4 rings (SSSR count). The number of hydrazine groups is 1. The summed E-state index contributed by atoms with van der Waals surface area (Å²) in [5, 5.41) is 6.40. The third kappa shape index (κ3) is 6.53. The Morgan fingerprint density at radius 1 is 1.07 bits per heavy atom. The molecule has 1 aromatic heterocycles. The Morgan fingerprint density at radius 3 is 2.30 bits per heavy atom. The van der Waals surface area contributed by atoms with Crippen LogP contribution in [0.1, 0.15) is 15.9 Å². The van der Waals surface area contributed by atoms with Crippen molar-refractivity contribution in [1.29, 1.82) is 0 Å². The molecule has 6 N–H and O–H groups in total. The van der Waals surface area contributed by atoms with Crippen molar-refractivity contribution in [3.8, 4) is 5.75 Å². The number of halogens is 6. The minimum atomic E-state index is -4.84. The van der Waals surface area contributed by atoms with Crippen LogP contribution in [0.15, 0.2) is 69.2 Å². The first-order valence-corrected chi connectivity index (χ1v) is 12.7. The second kappa shape index (κ2) is 11.8. The molecular weight excluding hydrogens is 640 g/mol. The summed E-state index contributed by atoms with van der Waals surface area (Å²) in [5.41, 5.74) is 5.51. The number of nitrogens with zero attached hydrogens (tertiary/aromatic N) is 4. The number of amides is 1. The number of ether oxygens (including phenoxy) is 1. The molecule has 210 valence electrons. The molecule has 10 nitrogen and oxygen atoms in total. The summed E-state index contributed by atoms with van der Waals surface area (Å²) in [4.78, 5) is 17.1. The quantitative estimate of drug-likeness (QED) is 0.107. The average Bonchev–Trinajstić information content (AvgIpc) is 3.13. The van der Waals surface area contributed by atoms with Crippen molar-refractivity contribution < 1.29 is 22.7 Å². The standard InChI is InChI=1S/C24H20BrCl2F3N8O2/c1-37-18-9-16(26)17(27)10-19(18)38(11-12-2-4-13(5-3-12)21(39)34-22(35-31)36-32)23(37)33-14-6-7-20(15(25)8-14)40-24(28,29)30/h2-10H,11,31-32H2,1H3,(H2,34,35,36,39). The van der Waals surface area contributed by atoms with E-state index in [1.165, 1.54) is 18.2 Å². The molecule has 0 aliphatic rings. The highest BCUT2D eigenvalue weighted by Gasteiger charge is 2.32. The van der Waals surface area contributed by atoms with Crippen LogP contribution in [0.3, 0.4) is 0 Å². The van der Waals surface area contributed by atoms with E-state index >= 15 is 0 Å². The minimum absolute atomic E-state index is 0.0732. The van der Waals surface area contributed by atoms with Crippen LogP contribution in [-0.2, 0) is 13.6 Å². The first-order valence-electron chi connectivity index (χ1n) is 11.2. The SMILES string of the molecule is Cn1c(=Nc2ccc(OC(F)(F)F)c(Br)c2)n(Cc2ccc(C(=O)N/C(=N/N)NN)cc2)c2cc(Cl)c(Cl)cc21. The van der Waals surface area contributed by atoms with E-state index in [2.05, 4.69) is 36.5 Å². The number of benzene rings is 3. The van der Waals surface area contributed by atoms with Crippen molar-refractivity contribution >= 4 is 67.7 Å². The average molecular weight is 660 g/mol. The van der Waals surface area contributed by atoms with Gasteiger partial charge in [-0.15, -0.1) is 18.3 Å². The number of nitrogens with two attached hydrogens (primary N) is 2. The van der Waals surface area contributed by atoms with Crippen molar-refractivity contribution in [2.75, 3.05) is 0 Å². The van der Waals surface area contributed by atoms with Crippen LogP contribution in [0, 0.1) is 0 Å². The Kier molecular flexibility index (Phi) is 8.63. The molecule has 0 fully saturated rings. The number of hydrogen-bond donors (Lipinski definition) is 4. The van der Waals surface area contributed by atoms with Crippen molar-refractivity contribution in [2.24, 2.45) is 28.8 Å². The molecule has 0 radical (unpaired) electrons. The zero-order chi connectivity index (χ0) is 29.2. The molecule has 4 aromatic rings. The van der Waals surface area contributed by atoms with E-state index in [9.17, 15) is 18.0 Å². The number of aryl methyl sites for hydroxylation is 1. The van der Waals surface area contributed by atoms with Crippen LogP contribution in [0.5, 0.6) is 5.75 Å². The third-order valence-electron chi connectivity index (χ3n) is 5.64. The number of hydrogen-bond acceptors (Lipinski definition) is 6. The molecule has 0 saturated heterocycles. The summed E-state index contributed by atoms with van der Waals surface area (Å²) in [6.07, 6.45) is -4.84. The monoisotopic (exact) mass is 658 g/mol. The zero-order valence-electron chi connectivity index (χ0n) is 20.4. The first kappa shape index (κ1) is 29.3. The molecule has 0 saturated carbocycles. The minimum Gasteiger partial charge on any atom is -0.405 e. The van der Waals surface area contributed by atoms with Gasteiger partial charge < -0.3 is 19.7 Å². The molecule has 0 bridgehead atoms. The second-order valence-corrected chi connectivity index (χ2v) is 9.92. The molecule has 0 spiro atoms. The fourth-order valence-corrected chi connectivity index (χ4v) is 4.57. The lowest BCUT2D eigenvalue weighted by molar-refractivity contribution is -0.274. The highest BCUT2D eigenvalue weighted by Crippen LogP contribution is 2.33. The van der Waals surface area contributed by atoms with Gasteiger partial charge in [0.15, 0.2) is 0 Å². The van der Waals surface area contributed by atoms with E-state index in [4.69, 9.17) is 39.9 Å². The fourth-order valence-electron chi connectivity index (χ4n) is 3.81. The lowest BCUT2D eigenvalue weighted by Gasteiger charge is -2.11. The van der Waals surface area contributed by atoms with Gasteiger partial charge in [-0.2, -0.15) is 0 Å². The Hall–Kier alpha value is -3.72. The number of guanidine groups is 1. The van der Waals surface area contributed by atoms with Crippen LogP contribution in [0.2, 0.25) is 10.0 Å². The highest BCUT2D eigenvalue weighted by atomic mass is 79.9. The summed E-state index contributed by atoms with van der Waals surface area (Å²) in [5.74, 6) is 9.40. The van der Waals surface area contributed by atoms with Crippen molar-refractivity contribution in [3.05, 3.63) is 85.9 Å². The molecule has 40 heavy (non-hydrogen) atoms. The van der Waals surface area contributed by atoms with Gasteiger partial charge in [-0.05, 0) is 64.0 Å². The van der Waals surface area contributed by atoms with E-state index in [1.54, 1.807) is 48.0 Å². The van der Waals surface area contributed by atoms with E-state index in [1.807, 2.05) is 4.57 Å². The van der Waals surface area contributed by atoms with Crippen LogP contribution < -0.4 is 32.8 Å². The number of imidazole rings is 1. The van der Waals surface area contributed by atoms with Gasteiger partial charge in [0.2, 0.25) is 11.6 Å². The molecule has 0 unspecified atom stereocenters. The molecule has 0 atom stereocenters. The number of rotatable bonds is 5. The summed E-state index contributed by atoms with van der Waals surface area (Å²) in [6, 6.07) is 14.1. The molecule has 3 aromatic carbocycles. The van der Waals surface area contributed by atoms with Gasteiger partial charge in [0.25, 0.3) is 5.91 Å². The molecule has 1 heterocycles. The van der Waals surface area contributed by atoms with Crippen LogP contribution in [0.25, 0.3) is 11.0 Å². The van der Waals surface area contributed by atoms with E-state index in [-0.39, 0.29) is 10.4 Å². The molecule has 1 amide bonds. The Morgan fingerprint density at radius 2 is 1.73 bits per heavy atom. The number of aromatic nitrogens is 2. The second-order valence-electron chi connectivity index (χ2n) is 8.25. The largest absolute Gasteiger partial charge is 0.573 e. The molecule has 0 aliphatic heterocycles. The summed E-state index contributed by atoms with van der Waals surface area (Å²) in [7, 11) is 1.77. The number of carbonyl (C=O) groups excluding carboxylic acids is 1. The fraction of sp³-hybridized carbons (Fsp3) is 0.125. The van der Waals surface area contributed by atoms with Crippen LogP contribution in [0.4, 0.5) is 18.9 Å². The van der Waals surface area contributed by atoms with Gasteiger partial charge in [-0.25, -0.2) is 10.8 Å². The zero-order valence-corrected chi connectivity index (χ0v) is 23.5. The normalized spacial score (nSPS) is 12.6. The highest BCUT2D eigenvalue weighted by molar-refractivity contribution is 9.10. The lowest BCUT2D eigenvalue weighted by Crippen LogP contribution is -2.45. The molecular formula is C24H20BrCl2F3N8O2. The molecule has 16 heteroatoms. The lowest BCUT2D eigenvalue weighted by atomic mass is 10.1. The number of fused-ring (bicyclic) bond motifs is 1. The van der Waals surface area contributed by atoms with Crippen molar-refractivity contribution in [3.63, 3.8) is 0 Å². The Balaban J connectivity index is 1.77. The Labute approximate surface area is 243 Å². The number of alkyl halides is 3. The third-order valence-corrected chi connectivity index (χ3v) is 6.98. The first-order chi connectivity index (χ1) is 18.9. The summed E-state index contributed by atoms with van der Waals surface area (Å²) >= 11 is 15.7.